The van der Waals surface area contributed by atoms with E-state index >= 15 is 0 Å². The molecule has 182 valence electrons. The average molecular weight is 441 g/mol. The maximum Gasteiger partial charge on any atom is 0.0101 e. The molecular weight excluding hydrogens is 388 g/mol. The number of likely N-dealkylation sites (tertiary alicyclic amines) is 1. The van der Waals surface area contributed by atoms with E-state index in [9.17, 15) is 0 Å². The summed E-state index contributed by atoms with van der Waals surface area (Å²) in [4.78, 5) is 2.82. The standard InChI is InChI=1S/C30H52N2/c1-6-19-30(26-13-10-9-11-14-26,28-15-12-16-29(28)31-5)27-17-20-32(21-18-27)23-25(8-3)22-24(4)7-2/h9-11,13-14,24-25,27-29,31H,6-8,12,15-23H2,1-5H3/t24?,25?,28?,29?,30-/m1/s1. The quantitative estimate of drug-likeness (QED) is 0.367. The number of piperidine rings is 1. The first kappa shape index (κ1) is 25.8. The topological polar surface area (TPSA) is 15.3 Å². The van der Waals surface area contributed by atoms with Crippen LogP contribution in [0.4, 0.5) is 0 Å². The molecule has 2 fully saturated rings. The number of benzene rings is 1. The Morgan fingerprint density at radius 3 is 2.31 bits per heavy atom. The molecule has 5 atom stereocenters. The Balaban J connectivity index is 1.78. The second kappa shape index (κ2) is 12.6. The number of hydrogen-bond donors (Lipinski definition) is 1. The van der Waals surface area contributed by atoms with Crippen LogP contribution < -0.4 is 5.32 Å². The molecule has 2 heteroatoms. The largest absolute Gasteiger partial charge is 0.317 e. The molecule has 0 bridgehead atoms. The molecule has 0 amide bonds. The van der Waals surface area contributed by atoms with Gasteiger partial charge < -0.3 is 10.2 Å². The maximum atomic E-state index is 3.74. The lowest BCUT2D eigenvalue weighted by molar-refractivity contribution is 0.0617. The Labute approximate surface area is 199 Å². The lowest BCUT2D eigenvalue weighted by Crippen LogP contribution is -2.52. The maximum absolute atomic E-state index is 3.74. The molecule has 3 rings (SSSR count). The molecule has 1 aromatic rings. The fourth-order valence-electron chi connectivity index (χ4n) is 7.47. The minimum atomic E-state index is 0.340. The van der Waals surface area contributed by atoms with Gasteiger partial charge in [-0.2, -0.15) is 0 Å². The van der Waals surface area contributed by atoms with Crippen molar-refractivity contribution in [1.82, 2.24) is 10.2 Å². The Kier molecular flexibility index (Phi) is 10.1. The third-order valence-corrected chi connectivity index (χ3v) is 9.37. The van der Waals surface area contributed by atoms with Crippen LogP contribution in [0.3, 0.4) is 0 Å². The molecule has 1 aliphatic heterocycles. The Bertz CT molecular complexity index is 635. The number of rotatable bonds is 12. The van der Waals surface area contributed by atoms with E-state index < -0.39 is 0 Å². The predicted molar refractivity (Wildman–Crippen MR) is 140 cm³/mol. The number of hydrogen-bond acceptors (Lipinski definition) is 2. The molecule has 1 saturated carbocycles. The van der Waals surface area contributed by atoms with Gasteiger partial charge in [-0.05, 0) is 87.9 Å². The first-order valence-electron chi connectivity index (χ1n) is 14.0. The van der Waals surface area contributed by atoms with E-state index in [2.05, 4.69) is 75.3 Å². The highest BCUT2D eigenvalue weighted by Crippen LogP contribution is 2.53. The van der Waals surface area contributed by atoms with E-state index in [1.807, 2.05) is 0 Å². The highest BCUT2D eigenvalue weighted by atomic mass is 15.1. The molecular formula is C30H52N2. The third kappa shape index (κ3) is 5.79. The SMILES string of the molecule is CCC[C@@](c1ccccc1)(C1CCN(CC(CC)CC(C)CC)CC1)C1CCCC1NC. The van der Waals surface area contributed by atoms with E-state index in [0.717, 1.165) is 23.7 Å². The summed E-state index contributed by atoms with van der Waals surface area (Å²) in [6.07, 6.45) is 13.6. The fourth-order valence-corrected chi connectivity index (χ4v) is 7.47. The molecule has 1 heterocycles. The smallest absolute Gasteiger partial charge is 0.0101 e. The van der Waals surface area contributed by atoms with Gasteiger partial charge in [0.2, 0.25) is 0 Å². The third-order valence-electron chi connectivity index (χ3n) is 9.37. The highest BCUT2D eigenvalue weighted by Gasteiger charge is 2.50. The van der Waals surface area contributed by atoms with Crippen LogP contribution in [0.15, 0.2) is 30.3 Å². The van der Waals surface area contributed by atoms with Crippen molar-refractivity contribution in [2.24, 2.45) is 23.7 Å². The molecule has 1 aliphatic carbocycles. The molecule has 1 aromatic carbocycles. The minimum Gasteiger partial charge on any atom is -0.317 e. The van der Waals surface area contributed by atoms with Crippen LogP contribution in [-0.2, 0) is 5.41 Å². The van der Waals surface area contributed by atoms with Gasteiger partial charge >= 0.3 is 0 Å². The van der Waals surface area contributed by atoms with Crippen molar-refractivity contribution in [3.05, 3.63) is 35.9 Å². The highest BCUT2D eigenvalue weighted by molar-refractivity contribution is 5.30. The Morgan fingerprint density at radius 2 is 1.72 bits per heavy atom. The summed E-state index contributed by atoms with van der Waals surface area (Å²) in [6, 6.07) is 12.4. The van der Waals surface area contributed by atoms with Gasteiger partial charge in [-0.15, -0.1) is 0 Å². The zero-order valence-electron chi connectivity index (χ0n) is 21.9. The monoisotopic (exact) mass is 440 g/mol. The van der Waals surface area contributed by atoms with E-state index in [-0.39, 0.29) is 0 Å². The zero-order chi connectivity index (χ0) is 23.0. The van der Waals surface area contributed by atoms with Crippen LogP contribution in [0.5, 0.6) is 0 Å². The second-order valence-electron chi connectivity index (χ2n) is 11.2. The van der Waals surface area contributed by atoms with Crippen LogP contribution in [0.2, 0.25) is 0 Å². The summed E-state index contributed by atoms with van der Waals surface area (Å²) in [5, 5.41) is 3.74. The van der Waals surface area contributed by atoms with Crippen LogP contribution in [0.1, 0.15) is 97.5 Å². The van der Waals surface area contributed by atoms with Crippen molar-refractivity contribution in [3.8, 4) is 0 Å². The van der Waals surface area contributed by atoms with Crippen molar-refractivity contribution >= 4 is 0 Å². The molecule has 1 N–H and O–H groups in total. The zero-order valence-corrected chi connectivity index (χ0v) is 21.9. The summed E-state index contributed by atoms with van der Waals surface area (Å²) in [5.41, 5.74) is 1.98. The van der Waals surface area contributed by atoms with Gasteiger partial charge in [0.05, 0.1) is 0 Å². The van der Waals surface area contributed by atoms with Crippen molar-refractivity contribution in [1.29, 1.82) is 0 Å². The van der Waals surface area contributed by atoms with E-state index in [1.165, 1.54) is 83.8 Å². The van der Waals surface area contributed by atoms with E-state index in [1.54, 1.807) is 5.56 Å². The molecule has 0 spiro atoms. The Morgan fingerprint density at radius 1 is 1.00 bits per heavy atom. The van der Waals surface area contributed by atoms with Crippen molar-refractivity contribution in [2.45, 2.75) is 103 Å². The molecule has 2 nitrogen and oxygen atoms in total. The molecule has 2 aliphatic rings. The van der Waals surface area contributed by atoms with Crippen molar-refractivity contribution in [2.75, 3.05) is 26.7 Å². The summed E-state index contributed by atoms with van der Waals surface area (Å²) < 4.78 is 0. The number of nitrogens with zero attached hydrogens (tertiary/aromatic N) is 1. The summed E-state index contributed by atoms with van der Waals surface area (Å²) >= 11 is 0. The molecule has 32 heavy (non-hydrogen) atoms. The van der Waals surface area contributed by atoms with Crippen molar-refractivity contribution < 1.29 is 0 Å². The van der Waals surface area contributed by atoms with Gasteiger partial charge in [0.25, 0.3) is 0 Å². The first-order chi connectivity index (χ1) is 15.6. The summed E-state index contributed by atoms with van der Waals surface area (Å²) in [7, 11) is 2.20. The van der Waals surface area contributed by atoms with E-state index in [0.29, 0.717) is 11.5 Å². The number of nitrogens with one attached hydrogen (secondary N) is 1. The summed E-state index contributed by atoms with van der Waals surface area (Å²) in [6.45, 7) is 13.5. The fraction of sp³-hybridized carbons (Fsp3) is 0.800. The lowest BCUT2D eigenvalue weighted by atomic mass is 9.56. The van der Waals surface area contributed by atoms with Crippen LogP contribution >= 0.6 is 0 Å². The first-order valence-corrected chi connectivity index (χ1v) is 14.0. The van der Waals surface area contributed by atoms with Crippen molar-refractivity contribution in [3.63, 3.8) is 0 Å². The molecule has 1 saturated heterocycles. The molecule has 4 unspecified atom stereocenters. The minimum absolute atomic E-state index is 0.340. The van der Waals surface area contributed by atoms with E-state index in [4.69, 9.17) is 0 Å². The van der Waals surface area contributed by atoms with Gasteiger partial charge in [-0.25, -0.2) is 0 Å². The van der Waals surface area contributed by atoms with Gasteiger partial charge in [-0.3, -0.25) is 0 Å². The normalized spacial score (nSPS) is 26.7. The van der Waals surface area contributed by atoms with Gasteiger partial charge in [0.15, 0.2) is 0 Å². The Hall–Kier alpha value is -0.860. The van der Waals surface area contributed by atoms with Crippen LogP contribution in [0.25, 0.3) is 0 Å². The molecule has 0 radical (unpaired) electrons. The molecule has 0 aromatic heterocycles. The van der Waals surface area contributed by atoms with Gasteiger partial charge in [-0.1, -0.05) is 83.7 Å². The van der Waals surface area contributed by atoms with Crippen LogP contribution in [0, 0.1) is 23.7 Å². The lowest BCUT2D eigenvalue weighted by Gasteiger charge is -2.51. The van der Waals surface area contributed by atoms with Gasteiger partial charge in [0, 0.05) is 18.0 Å². The van der Waals surface area contributed by atoms with Crippen LogP contribution in [-0.4, -0.2) is 37.6 Å². The summed E-state index contributed by atoms with van der Waals surface area (Å²) in [5.74, 6) is 3.34. The van der Waals surface area contributed by atoms with Gasteiger partial charge in [0.1, 0.15) is 0 Å². The average Bonchev–Trinajstić information content (AvgIpc) is 3.32. The predicted octanol–water partition coefficient (Wildman–Crippen LogP) is 7.29. The second-order valence-corrected chi connectivity index (χ2v) is 11.2.